The van der Waals surface area contributed by atoms with Crippen molar-refractivity contribution in [3.63, 3.8) is 0 Å². The summed E-state index contributed by atoms with van der Waals surface area (Å²) in [6.45, 7) is 10.6. The Morgan fingerprint density at radius 2 is 2.06 bits per heavy atom. The molecule has 1 aliphatic rings. The van der Waals surface area contributed by atoms with Gasteiger partial charge in [0.2, 0.25) is 0 Å². The molecule has 1 aromatic heterocycles. The Morgan fingerprint density at radius 1 is 1.29 bits per heavy atom. The summed E-state index contributed by atoms with van der Waals surface area (Å²) in [5, 5.41) is 2.90. The van der Waals surface area contributed by atoms with Crippen LogP contribution in [-0.4, -0.2) is 35.5 Å². The monoisotopic (exact) mass is 424 g/mol. The number of nitrogens with one attached hydrogen (secondary N) is 1. The highest BCUT2D eigenvalue weighted by Gasteiger charge is 2.22. The van der Waals surface area contributed by atoms with Crippen LogP contribution in [0.4, 0.5) is 5.82 Å². The van der Waals surface area contributed by atoms with Gasteiger partial charge in [0.15, 0.2) is 17.4 Å². The number of ether oxygens (including phenoxy) is 1. The molecule has 1 heterocycles. The van der Waals surface area contributed by atoms with Crippen molar-refractivity contribution in [3.05, 3.63) is 53.9 Å². The number of nitrogens with zero attached hydrogens (tertiary/aromatic N) is 2. The van der Waals surface area contributed by atoms with Gasteiger partial charge < -0.3 is 15.8 Å². The van der Waals surface area contributed by atoms with Crippen molar-refractivity contribution in [2.75, 3.05) is 13.2 Å². The highest BCUT2D eigenvalue weighted by Crippen LogP contribution is 2.28. The number of hydrogen-bond acceptors (Lipinski definition) is 6. The fourth-order valence-electron chi connectivity index (χ4n) is 2.95. The number of pyridine rings is 1. The van der Waals surface area contributed by atoms with Crippen LogP contribution in [0.25, 0.3) is 0 Å². The van der Waals surface area contributed by atoms with Crippen LogP contribution in [0.2, 0.25) is 0 Å². The van der Waals surface area contributed by atoms with Crippen LogP contribution in [0, 0.1) is 5.92 Å². The van der Waals surface area contributed by atoms with Crippen LogP contribution in [0.5, 0.6) is 5.75 Å². The number of aliphatic imine (C=N–C) groups is 1. The third-order valence-corrected chi connectivity index (χ3v) is 4.69. The predicted octanol–water partition coefficient (Wildman–Crippen LogP) is 4.04. The molecule has 7 heteroatoms. The summed E-state index contributed by atoms with van der Waals surface area (Å²) >= 11 is 0. The maximum atomic E-state index is 12.4. The van der Waals surface area contributed by atoms with E-state index in [1.165, 1.54) is 6.20 Å². The lowest BCUT2D eigenvalue weighted by molar-refractivity contribution is -0.117. The van der Waals surface area contributed by atoms with E-state index in [9.17, 15) is 9.59 Å². The fraction of sp³-hybridized carbons (Fsp3) is 0.417. The highest BCUT2D eigenvalue weighted by atomic mass is 16.5. The molecule has 0 aliphatic heterocycles. The standard InChI is InChI=1S/C24H32N4O3/c1-5-7-8-11-26-24(30)17-13-21(31-12-6-2)23(27-15-17)28-18-9-10-19(20(25)14-18)22(29)16(3)4/h9-10,13-15,19H,3,5-8,11-12,25H2,1-2,4H3,(H,26,30). The second kappa shape index (κ2) is 11.8. The van der Waals surface area contributed by atoms with E-state index in [2.05, 4.69) is 28.8 Å². The predicted molar refractivity (Wildman–Crippen MR) is 124 cm³/mol. The Balaban J connectivity index is 2.23. The molecule has 1 aromatic rings. The molecule has 166 valence electrons. The molecule has 3 N–H and O–H groups in total. The average Bonchev–Trinajstić information content (AvgIpc) is 2.75. The van der Waals surface area contributed by atoms with E-state index in [4.69, 9.17) is 10.5 Å². The number of rotatable bonds is 11. The van der Waals surface area contributed by atoms with Gasteiger partial charge in [-0.1, -0.05) is 39.3 Å². The summed E-state index contributed by atoms with van der Waals surface area (Å²) in [4.78, 5) is 33.5. The minimum absolute atomic E-state index is 0.122. The van der Waals surface area contributed by atoms with E-state index in [1.54, 1.807) is 31.2 Å². The second-order valence-corrected chi connectivity index (χ2v) is 7.52. The number of allylic oxidation sites excluding steroid dienone is 4. The topological polar surface area (TPSA) is 107 Å². The number of carbonyl (C=O) groups excluding carboxylic acids is 2. The van der Waals surface area contributed by atoms with Crippen LogP contribution >= 0.6 is 0 Å². The molecule has 0 fully saturated rings. The van der Waals surface area contributed by atoms with Crippen molar-refractivity contribution >= 4 is 23.2 Å². The zero-order chi connectivity index (χ0) is 22.8. The summed E-state index contributed by atoms with van der Waals surface area (Å²) in [5.41, 5.74) is 7.90. The number of aromatic nitrogens is 1. The number of unbranched alkanes of at least 4 members (excludes halogenated alkanes) is 2. The van der Waals surface area contributed by atoms with Gasteiger partial charge in [-0.3, -0.25) is 9.59 Å². The number of nitrogens with two attached hydrogens (primary N) is 1. The van der Waals surface area contributed by atoms with Crippen molar-refractivity contribution in [2.24, 2.45) is 16.6 Å². The van der Waals surface area contributed by atoms with Gasteiger partial charge in [0, 0.05) is 18.4 Å². The van der Waals surface area contributed by atoms with Gasteiger partial charge in [-0.15, -0.1) is 0 Å². The van der Waals surface area contributed by atoms with Crippen molar-refractivity contribution in [2.45, 2.75) is 46.5 Å². The third kappa shape index (κ3) is 6.91. The Kier molecular flexibility index (Phi) is 9.18. The molecule has 0 saturated carbocycles. The maximum absolute atomic E-state index is 12.4. The largest absolute Gasteiger partial charge is 0.490 e. The van der Waals surface area contributed by atoms with Gasteiger partial charge in [-0.05, 0) is 43.6 Å². The number of carbonyl (C=O) groups is 2. The molecular weight excluding hydrogens is 392 g/mol. The molecule has 0 aromatic carbocycles. The molecule has 0 radical (unpaired) electrons. The molecule has 7 nitrogen and oxygen atoms in total. The smallest absolute Gasteiger partial charge is 0.252 e. The van der Waals surface area contributed by atoms with Gasteiger partial charge in [0.1, 0.15) is 0 Å². The van der Waals surface area contributed by atoms with Crippen LogP contribution < -0.4 is 15.8 Å². The third-order valence-electron chi connectivity index (χ3n) is 4.69. The Bertz CT molecular complexity index is 915. The van der Waals surface area contributed by atoms with Crippen molar-refractivity contribution < 1.29 is 14.3 Å². The van der Waals surface area contributed by atoms with Crippen LogP contribution in [-0.2, 0) is 4.79 Å². The van der Waals surface area contributed by atoms with E-state index in [-0.39, 0.29) is 11.7 Å². The number of ketones is 1. The van der Waals surface area contributed by atoms with Crippen molar-refractivity contribution in [1.82, 2.24) is 10.3 Å². The zero-order valence-electron chi connectivity index (χ0n) is 18.6. The zero-order valence-corrected chi connectivity index (χ0v) is 18.6. The van der Waals surface area contributed by atoms with E-state index in [0.717, 1.165) is 25.7 Å². The normalized spacial score (nSPS) is 16.7. The lowest BCUT2D eigenvalue weighted by Gasteiger charge is -2.16. The Morgan fingerprint density at radius 3 is 2.71 bits per heavy atom. The minimum Gasteiger partial charge on any atom is -0.490 e. The number of hydrogen-bond donors (Lipinski definition) is 2. The second-order valence-electron chi connectivity index (χ2n) is 7.52. The van der Waals surface area contributed by atoms with Gasteiger partial charge >= 0.3 is 0 Å². The highest BCUT2D eigenvalue weighted by molar-refractivity contribution is 6.10. The summed E-state index contributed by atoms with van der Waals surface area (Å²) in [6, 6.07) is 1.66. The first kappa shape index (κ1) is 24.1. The molecule has 1 unspecified atom stereocenters. The first-order chi connectivity index (χ1) is 14.9. The summed E-state index contributed by atoms with van der Waals surface area (Å²) in [5.74, 6) is -0.0603. The van der Waals surface area contributed by atoms with Gasteiger partial charge in [-0.2, -0.15) is 0 Å². The fourth-order valence-corrected chi connectivity index (χ4v) is 2.95. The van der Waals surface area contributed by atoms with Crippen LogP contribution in [0.1, 0.15) is 56.8 Å². The molecule has 1 atom stereocenters. The number of Topliss-reactive ketones (excluding diaryl/α,β-unsaturated/α-hetero) is 1. The first-order valence-corrected chi connectivity index (χ1v) is 10.7. The van der Waals surface area contributed by atoms with Gasteiger partial charge in [0.25, 0.3) is 5.91 Å². The molecule has 2 rings (SSSR count). The molecule has 0 saturated heterocycles. The Hall–Kier alpha value is -3.22. The van der Waals surface area contributed by atoms with Gasteiger partial charge in [-0.25, -0.2) is 9.98 Å². The molecule has 1 aliphatic carbocycles. The quantitative estimate of drug-likeness (QED) is 0.412. The van der Waals surface area contributed by atoms with Crippen LogP contribution in [0.3, 0.4) is 0 Å². The Labute approximate surface area is 184 Å². The SMILES string of the molecule is C=C(C)C(=O)C1C=CC(=Nc2ncc(C(=O)NCCCCC)cc2OCCC)C=C1N. The molecule has 0 bridgehead atoms. The maximum Gasteiger partial charge on any atom is 0.252 e. The van der Waals surface area contributed by atoms with Gasteiger partial charge in [0.05, 0.1) is 23.8 Å². The molecule has 31 heavy (non-hydrogen) atoms. The number of amides is 1. The average molecular weight is 425 g/mol. The van der Waals surface area contributed by atoms with E-state index < -0.39 is 5.92 Å². The van der Waals surface area contributed by atoms with Crippen molar-refractivity contribution in [3.8, 4) is 5.75 Å². The molecular formula is C24H32N4O3. The molecule has 1 amide bonds. The lowest BCUT2D eigenvalue weighted by atomic mass is 9.91. The van der Waals surface area contributed by atoms with Crippen molar-refractivity contribution in [1.29, 1.82) is 0 Å². The van der Waals surface area contributed by atoms with E-state index in [0.29, 0.717) is 47.3 Å². The summed E-state index contributed by atoms with van der Waals surface area (Å²) in [6.07, 6.45) is 10.5. The first-order valence-electron chi connectivity index (χ1n) is 10.7. The minimum atomic E-state index is -0.529. The molecule has 0 spiro atoms. The van der Waals surface area contributed by atoms with E-state index in [1.807, 2.05) is 6.92 Å². The summed E-state index contributed by atoms with van der Waals surface area (Å²) < 4.78 is 5.79. The lowest BCUT2D eigenvalue weighted by Crippen LogP contribution is -2.24. The van der Waals surface area contributed by atoms with E-state index >= 15 is 0 Å². The summed E-state index contributed by atoms with van der Waals surface area (Å²) in [7, 11) is 0. The van der Waals surface area contributed by atoms with Crippen LogP contribution in [0.15, 0.2) is 53.3 Å².